The summed E-state index contributed by atoms with van der Waals surface area (Å²) in [5.74, 6) is 2.79. The molecule has 21 heavy (non-hydrogen) atoms. The van der Waals surface area contributed by atoms with E-state index < -0.39 is 0 Å². The molecule has 0 radical (unpaired) electrons. The van der Waals surface area contributed by atoms with Crippen LogP contribution in [0.3, 0.4) is 0 Å². The van der Waals surface area contributed by atoms with E-state index in [4.69, 9.17) is 10.7 Å². The molecule has 3 heteroatoms. The summed E-state index contributed by atoms with van der Waals surface area (Å²) in [6, 6.07) is 6.33. The molecule has 2 rings (SSSR count). The first-order valence-corrected chi connectivity index (χ1v) is 7.75. The van der Waals surface area contributed by atoms with E-state index in [1.165, 1.54) is 16.7 Å². The van der Waals surface area contributed by atoms with Gasteiger partial charge in [0.05, 0.1) is 0 Å². The summed E-state index contributed by atoms with van der Waals surface area (Å²) in [7, 11) is 0. The summed E-state index contributed by atoms with van der Waals surface area (Å²) in [6.45, 7) is 13.9. The Balaban J connectivity index is 2.66. The number of aryl methyl sites for hydroxylation is 2. The number of imidazole rings is 1. The molecule has 0 aliphatic carbocycles. The van der Waals surface area contributed by atoms with Crippen molar-refractivity contribution in [1.82, 2.24) is 9.55 Å². The van der Waals surface area contributed by atoms with E-state index in [0.29, 0.717) is 11.8 Å². The van der Waals surface area contributed by atoms with Gasteiger partial charge in [-0.25, -0.2) is 4.98 Å². The van der Waals surface area contributed by atoms with Crippen molar-refractivity contribution >= 4 is 5.82 Å². The van der Waals surface area contributed by atoms with Crippen molar-refractivity contribution in [3.8, 4) is 11.3 Å². The van der Waals surface area contributed by atoms with Gasteiger partial charge < -0.3 is 10.3 Å². The molecule has 0 aliphatic heterocycles. The Morgan fingerprint density at radius 2 is 1.67 bits per heavy atom. The van der Waals surface area contributed by atoms with Crippen LogP contribution >= 0.6 is 0 Å². The Morgan fingerprint density at radius 3 is 2.14 bits per heavy atom. The van der Waals surface area contributed by atoms with Crippen LogP contribution in [0.4, 0.5) is 5.82 Å². The molecule has 3 nitrogen and oxygen atoms in total. The number of benzene rings is 1. The monoisotopic (exact) mass is 285 g/mol. The highest BCUT2D eigenvalue weighted by Crippen LogP contribution is 2.34. The van der Waals surface area contributed by atoms with Crippen LogP contribution in [0, 0.1) is 19.8 Å². The molecular weight excluding hydrogens is 258 g/mol. The van der Waals surface area contributed by atoms with Crippen LogP contribution in [0.2, 0.25) is 0 Å². The van der Waals surface area contributed by atoms with Gasteiger partial charge in [0.1, 0.15) is 17.3 Å². The van der Waals surface area contributed by atoms with E-state index in [9.17, 15) is 0 Å². The van der Waals surface area contributed by atoms with Crippen LogP contribution in [0.25, 0.3) is 11.3 Å². The highest BCUT2D eigenvalue weighted by Gasteiger charge is 2.20. The molecule has 114 valence electrons. The van der Waals surface area contributed by atoms with Gasteiger partial charge in [-0.05, 0) is 30.9 Å². The Labute approximate surface area is 128 Å². The van der Waals surface area contributed by atoms with E-state index >= 15 is 0 Å². The zero-order valence-electron chi connectivity index (χ0n) is 14.1. The van der Waals surface area contributed by atoms with Crippen LogP contribution in [-0.2, 0) is 6.54 Å². The molecule has 0 saturated carbocycles. The summed E-state index contributed by atoms with van der Waals surface area (Å²) in [5, 5.41) is 0. The summed E-state index contributed by atoms with van der Waals surface area (Å²) < 4.78 is 2.19. The lowest BCUT2D eigenvalue weighted by molar-refractivity contribution is 0.502. The van der Waals surface area contributed by atoms with Crippen LogP contribution in [0.1, 0.15) is 50.6 Å². The quantitative estimate of drug-likeness (QED) is 0.897. The lowest BCUT2D eigenvalue weighted by atomic mass is 10.00. The molecule has 1 aromatic carbocycles. The summed E-state index contributed by atoms with van der Waals surface area (Å²) in [4.78, 5) is 4.89. The number of nitrogen functional groups attached to an aromatic ring is 1. The van der Waals surface area contributed by atoms with Crippen molar-refractivity contribution in [2.45, 2.75) is 54.0 Å². The molecule has 0 amide bonds. The topological polar surface area (TPSA) is 43.8 Å². The van der Waals surface area contributed by atoms with E-state index in [0.717, 1.165) is 23.9 Å². The number of nitrogens with two attached hydrogens (primary N) is 1. The third kappa shape index (κ3) is 2.97. The molecule has 0 aliphatic rings. The first kappa shape index (κ1) is 15.6. The third-order valence-corrected chi connectivity index (χ3v) is 3.82. The molecule has 0 spiro atoms. The summed E-state index contributed by atoms with van der Waals surface area (Å²) in [6.07, 6.45) is 0. The Hall–Kier alpha value is -1.77. The predicted octanol–water partition coefficient (Wildman–Crippen LogP) is 4.53. The molecule has 2 N–H and O–H groups in total. The van der Waals surface area contributed by atoms with Crippen LogP contribution in [0.5, 0.6) is 0 Å². The van der Waals surface area contributed by atoms with Gasteiger partial charge in [-0.3, -0.25) is 0 Å². The molecular formula is C18H27N3. The van der Waals surface area contributed by atoms with Gasteiger partial charge in [0.25, 0.3) is 0 Å². The Bertz CT molecular complexity index is 616. The van der Waals surface area contributed by atoms with Crippen molar-refractivity contribution in [2.24, 2.45) is 5.92 Å². The van der Waals surface area contributed by atoms with E-state index in [1.807, 2.05) is 0 Å². The lowest BCUT2D eigenvalue weighted by Gasteiger charge is -2.14. The van der Waals surface area contributed by atoms with Crippen molar-refractivity contribution in [3.63, 3.8) is 0 Å². The fraction of sp³-hybridized carbons (Fsp3) is 0.500. The maximum Gasteiger partial charge on any atom is 0.131 e. The zero-order chi connectivity index (χ0) is 15.7. The van der Waals surface area contributed by atoms with Crippen molar-refractivity contribution in [3.05, 3.63) is 35.2 Å². The molecule has 1 heterocycles. The zero-order valence-corrected chi connectivity index (χ0v) is 14.1. The number of nitrogens with zero attached hydrogens (tertiary/aromatic N) is 2. The SMILES string of the molecule is Cc1cccc(C)c1-c1nc(C(C)C)n(CC(C)C)c1N. The summed E-state index contributed by atoms with van der Waals surface area (Å²) >= 11 is 0. The minimum absolute atomic E-state index is 0.365. The van der Waals surface area contributed by atoms with Gasteiger partial charge >= 0.3 is 0 Å². The Kier molecular flexibility index (Phi) is 4.40. The maximum absolute atomic E-state index is 6.46. The second-order valence-electron chi connectivity index (χ2n) is 6.63. The Morgan fingerprint density at radius 1 is 1.10 bits per heavy atom. The van der Waals surface area contributed by atoms with Crippen molar-refractivity contribution in [1.29, 1.82) is 0 Å². The van der Waals surface area contributed by atoms with Gasteiger partial charge in [0, 0.05) is 18.0 Å². The van der Waals surface area contributed by atoms with E-state index in [2.05, 4.69) is 64.3 Å². The molecule has 0 unspecified atom stereocenters. The molecule has 2 aromatic rings. The third-order valence-electron chi connectivity index (χ3n) is 3.82. The molecule has 1 aromatic heterocycles. The largest absolute Gasteiger partial charge is 0.383 e. The first-order valence-electron chi connectivity index (χ1n) is 7.75. The maximum atomic E-state index is 6.46. The van der Waals surface area contributed by atoms with Crippen LogP contribution < -0.4 is 5.73 Å². The molecule has 0 bridgehead atoms. The second-order valence-corrected chi connectivity index (χ2v) is 6.63. The number of aromatic nitrogens is 2. The number of anilines is 1. The van der Waals surface area contributed by atoms with Crippen LogP contribution in [0.15, 0.2) is 18.2 Å². The second kappa shape index (κ2) is 5.92. The highest BCUT2D eigenvalue weighted by atomic mass is 15.1. The van der Waals surface area contributed by atoms with Gasteiger partial charge in [-0.1, -0.05) is 45.9 Å². The van der Waals surface area contributed by atoms with Gasteiger partial charge in [-0.15, -0.1) is 0 Å². The normalized spacial score (nSPS) is 11.6. The van der Waals surface area contributed by atoms with Gasteiger partial charge in [0.15, 0.2) is 0 Å². The van der Waals surface area contributed by atoms with E-state index in [-0.39, 0.29) is 0 Å². The first-order chi connectivity index (χ1) is 9.82. The number of hydrogen-bond acceptors (Lipinski definition) is 2. The number of hydrogen-bond donors (Lipinski definition) is 1. The van der Waals surface area contributed by atoms with Gasteiger partial charge in [-0.2, -0.15) is 0 Å². The molecule has 0 saturated heterocycles. The average molecular weight is 285 g/mol. The average Bonchev–Trinajstić information content (AvgIpc) is 2.67. The molecule has 0 atom stereocenters. The van der Waals surface area contributed by atoms with Gasteiger partial charge in [0.2, 0.25) is 0 Å². The minimum atomic E-state index is 0.365. The highest BCUT2D eigenvalue weighted by molar-refractivity contribution is 5.76. The smallest absolute Gasteiger partial charge is 0.131 e. The standard InChI is InChI=1S/C18H27N3/c1-11(2)10-21-17(19)16(20-18(21)12(3)4)15-13(5)8-7-9-14(15)6/h7-9,11-12H,10,19H2,1-6H3. The fourth-order valence-corrected chi connectivity index (χ4v) is 2.85. The van der Waals surface area contributed by atoms with Crippen molar-refractivity contribution in [2.75, 3.05) is 5.73 Å². The molecule has 0 fully saturated rings. The predicted molar refractivity (Wildman–Crippen MR) is 90.5 cm³/mol. The summed E-state index contributed by atoms with van der Waals surface area (Å²) in [5.41, 5.74) is 11.0. The number of rotatable bonds is 4. The lowest BCUT2D eigenvalue weighted by Crippen LogP contribution is -2.12. The van der Waals surface area contributed by atoms with Crippen molar-refractivity contribution < 1.29 is 0 Å². The fourth-order valence-electron chi connectivity index (χ4n) is 2.85. The van der Waals surface area contributed by atoms with Crippen LogP contribution in [-0.4, -0.2) is 9.55 Å². The minimum Gasteiger partial charge on any atom is -0.383 e. The van der Waals surface area contributed by atoms with E-state index in [1.54, 1.807) is 0 Å².